The van der Waals surface area contributed by atoms with Crippen LogP contribution in [0, 0.1) is 0 Å². The van der Waals surface area contributed by atoms with Gasteiger partial charge in [0.05, 0.1) is 0 Å². The lowest BCUT2D eigenvalue weighted by Gasteiger charge is -2.10. The van der Waals surface area contributed by atoms with Crippen molar-refractivity contribution in [2.75, 3.05) is 0 Å². The Balaban J connectivity index is 1.06. The van der Waals surface area contributed by atoms with Crippen molar-refractivity contribution in [3.63, 3.8) is 0 Å². The zero-order chi connectivity index (χ0) is 33.7. The Labute approximate surface area is 294 Å². The van der Waals surface area contributed by atoms with Gasteiger partial charge in [-0.15, -0.1) is 0 Å². The van der Waals surface area contributed by atoms with Crippen LogP contribution in [0.25, 0.3) is 99.9 Å². The van der Waals surface area contributed by atoms with Crippen LogP contribution in [-0.2, 0) is 0 Å². The van der Waals surface area contributed by atoms with Crippen molar-refractivity contribution in [3.8, 4) is 56.4 Å². The van der Waals surface area contributed by atoms with E-state index < -0.39 is 0 Å². The Morgan fingerprint density at radius 1 is 0.275 bits per heavy atom. The van der Waals surface area contributed by atoms with Crippen LogP contribution in [0.1, 0.15) is 0 Å². The van der Waals surface area contributed by atoms with Gasteiger partial charge < -0.3 is 4.42 Å². The molecule has 0 unspecified atom stereocenters. The van der Waals surface area contributed by atoms with Gasteiger partial charge in [0, 0.05) is 27.5 Å². The van der Waals surface area contributed by atoms with Crippen molar-refractivity contribution in [1.82, 2.24) is 15.0 Å². The summed E-state index contributed by atoms with van der Waals surface area (Å²) in [7, 11) is 0. The average molecular weight is 652 g/mol. The zero-order valence-electron chi connectivity index (χ0n) is 27.5. The van der Waals surface area contributed by atoms with Gasteiger partial charge in [-0.25, -0.2) is 15.0 Å². The normalized spacial score (nSPS) is 11.5. The monoisotopic (exact) mass is 651 g/mol. The predicted molar refractivity (Wildman–Crippen MR) is 209 cm³/mol. The predicted octanol–water partition coefficient (Wildman–Crippen LogP) is 12.4. The molecule has 51 heavy (non-hydrogen) atoms. The summed E-state index contributed by atoms with van der Waals surface area (Å²) in [5.41, 5.74) is 8.98. The molecular weight excluding hydrogens is 623 g/mol. The highest BCUT2D eigenvalue weighted by Crippen LogP contribution is 2.34. The van der Waals surface area contributed by atoms with Gasteiger partial charge in [-0.1, -0.05) is 146 Å². The number of para-hydroxylation sites is 1. The molecule has 4 nitrogen and oxygen atoms in total. The highest BCUT2D eigenvalue weighted by atomic mass is 16.3. The van der Waals surface area contributed by atoms with Crippen LogP contribution < -0.4 is 0 Å². The number of hydrogen-bond donors (Lipinski definition) is 0. The lowest BCUT2D eigenvalue weighted by atomic mass is 10.00. The van der Waals surface area contributed by atoms with Crippen LogP contribution >= 0.6 is 0 Å². The first-order chi connectivity index (χ1) is 25.2. The number of nitrogens with zero attached hydrogens (tertiary/aromatic N) is 3. The number of aromatic nitrogens is 3. The summed E-state index contributed by atoms with van der Waals surface area (Å²) in [4.78, 5) is 15.1. The molecule has 0 saturated heterocycles. The van der Waals surface area contributed by atoms with Gasteiger partial charge in [0.1, 0.15) is 11.2 Å². The minimum atomic E-state index is 0.592. The molecule has 0 spiro atoms. The summed E-state index contributed by atoms with van der Waals surface area (Å²) in [6.07, 6.45) is 0. The second-order valence-electron chi connectivity index (χ2n) is 12.9. The molecule has 0 atom stereocenters. The van der Waals surface area contributed by atoms with E-state index in [0.29, 0.717) is 17.5 Å². The van der Waals surface area contributed by atoms with Crippen LogP contribution in [-0.4, -0.2) is 15.0 Å². The van der Waals surface area contributed by atoms with Gasteiger partial charge in [0.25, 0.3) is 0 Å². The largest absolute Gasteiger partial charge is 0.456 e. The first-order valence-corrected chi connectivity index (χ1v) is 17.1. The molecule has 10 rings (SSSR count). The SMILES string of the molecule is c1ccc2cc(-c3ccc(-c4nc(-c5ccc(-c6ccc7ccccc7c6)cc5)nc(-c5ccc6c(c5)oc5ccccc56)n4)cc3)ccc2c1. The van der Waals surface area contributed by atoms with E-state index in [1.165, 1.54) is 32.7 Å². The Morgan fingerprint density at radius 3 is 1.25 bits per heavy atom. The minimum absolute atomic E-state index is 0.592. The molecule has 238 valence electrons. The Morgan fingerprint density at radius 2 is 0.686 bits per heavy atom. The standard InChI is InChI=1S/C47H29N3O/c1-3-9-36-27-38(23-17-30(36)7-1)32-13-19-34(20-14-32)45-48-46(35-21-15-33(16-22-35)39-24-18-31-8-2-4-10-37(31)28-39)50-47(49-45)40-25-26-42-41-11-5-6-12-43(41)51-44(42)29-40/h1-29H. The van der Waals surface area contributed by atoms with Crippen molar-refractivity contribution >= 4 is 43.5 Å². The molecule has 0 fully saturated rings. The number of rotatable bonds is 5. The third kappa shape index (κ3) is 5.31. The van der Waals surface area contributed by atoms with Gasteiger partial charge in [-0.3, -0.25) is 0 Å². The number of fused-ring (bicyclic) bond motifs is 5. The van der Waals surface area contributed by atoms with E-state index in [0.717, 1.165) is 49.8 Å². The third-order valence-electron chi connectivity index (χ3n) is 9.72. The molecular formula is C47H29N3O. The molecule has 0 radical (unpaired) electrons. The minimum Gasteiger partial charge on any atom is -0.456 e. The smallest absolute Gasteiger partial charge is 0.164 e. The summed E-state index contributed by atoms with van der Waals surface area (Å²) in [6.45, 7) is 0. The summed E-state index contributed by atoms with van der Waals surface area (Å²) in [5, 5.41) is 7.06. The van der Waals surface area contributed by atoms with Crippen molar-refractivity contribution in [2.45, 2.75) is 0 Å². The first kappa shape index (κ1) is 29.0. The van der Waals surface area contributed by atoms with E-state index in [-0.39, 0.29) is 0 Å². The Kier molecular flexibility index (Phi) is 6.78. The molecule has 2 heterocycles. The lowest BCUT2D eigenvalue weighted by Crippen LogP contribution is -2.00. The fraction of sp³-hybridized carbons (Fsp3) is 0. The van der Waals surface area contributed by atoms with Gasteiger partial charge in [-0.05, 0) is 74.1 Å². The molecule has 0 aliphatic rings. The summed E-state index contributed by atoms with van der Waals surface area (Å²) in [6, 6.07) is 61.3. The fourth-order valence-electron chi connectivity index (χ4n) is 6.99. The molecule has 0 aliphatic heterocycles. The third-order valence-corrected chi connectivity index (χ3v) is 9.72. The van der Waals surface area contributed by atoms with Gasteiger partial charge >= 0.3 is 0 Å². The molecule has 0 aliphatic carbocycles. The highest BCUT2D eigenvalue weighted by molar-refractivity contribution is 6.05. The highest BCUT2D eigenvalue weighted by Gasteiger charge is 2.15. The summed E-state index contributed by atoms with van der Waals surface area (Å²) < 4.78 is 6.24. The van der Waals surface area contributed by atoms with Crippen LogP contribution in [0.15, 0.2) is 180 Å². The van der Waals surface area contributed by atoms with Crippen molar-refractivity contribution in [2.24, 2.45) is 0 Å². The van der Waals surface area contributed by atoms with Crippen LogP contribution in [0.5, 0.6) is 0 Å². The summed E-state index contributed by atoms with van der Waals surface area (Å²) in [5.74, 6) is 1.82. The number of benzene rings is 8. The van der Waals surface area contributed by atoms with Crippen LogP contribution in [0.4, 0.5) is 0 Å². The molecule has 8 aromatic carbocycles. The molecule has 10 aromatic rings. The van der Waals surface area contributed by atoms with Crippen LogP contribution in [0.2, 0.25) is 0 Å². The number of hydrogen-bond acceptors (Lipinski definition) is 4. The zero-order valence-corrected chi connectivity index (χ0v) is 27.5. The second-order valence-corrected chi connectivity index (χ2v) is 12.9. The van der Waals surface area contributed by atoms with Crippen LogP contribution in [0.3, 0.4) is 0 Å². The number of furan rings is 1. The second kappa shape index (κ2) is 11.9. The average Bonchev–Trinajstić information content (AvgIpc) is 3.58. The lowest BCUT2D eigenvalue weighted by molar-refractivity contribution is 0.669. The van der Waals surface area contributed by atoms with E-state index in [9.17, 15) is 0 Å². The van der Waals surface area contributed by atoms with Gasteiger partial charge in [-0.2, -0.15) is 0 Å². The topological polar surface area (TPSA) is 51.8 Å². The molecule has 4 heteroatoms. The maximum absolute atomic E-state index is 6.24. The van der Waals surface area contributed by atoms with E-state index in [4.69, 9.17) is 19.4 Å². The van der Waals surface area contributed by atoms with Crippen molar-refractivity contribution in [1.29, 1.82) is 0 Å². The van der Waals surface area contributed by atoms with Gasteiger partial charge in [0.2, 0.25) is 0 Å². The quantitative estimate of drug-likeness (QED) is 0.186. The maximum atomic E-state index is 6.24. The Hall–Kier alpha value is -6.91. The van der Waals surface area contributed by atoms with E-state index in [2.05, 4.69) is 152 Å². The fourth-order valence-corrected chi connectivity index (χ4v) is 6.99. The molecule has 2 aromatic heterocycles. The molecule has 0 amide bonds. The van der Waals surface area contributed by atoms with E-state index >= 15 is 0 Å². The molecule has 0 bridgehead atoms. The van der Waals surface area contributed by atoms with Crippen molar-refractivity contribution < 1.29 is 4.42 Å². The van der Waals surface area contributed by atoms with Gasteiger partial charge in [0.15, 0.2) is 17.5 Å². The molecule has 0 N–H and O–H groups in total. The molecule has 0 saturated carbocycles. The van der Waals surface area contributed by atoms with E-state index in [1.54, 1.807) is 0 Å². The van der Waals surface area contributed by atoms with E-state index in [1.807, 2.05) is 24.3 Å². The maximum Gasteiger partial charge on any atom is 0.164 e. The Bertz CT molecular complexity index is 2770. The van der Waals surface area contributed by atoms with Crippen molar-refractivity contribution in [3.05, 3.63) is 176 Å². The first-order valence-electron chi connectivity index (χ1n) is 17.1. The summed E-state index contributed by atoms with van der Waals surface area (Å²) >= 11 is 0.